The number of hydrogen-bond donors (Lipinski definition) is 0. The van der Waals surface area contributed by atoms with Crippen molar-refractivity contribution in [3.8, 4) is 5.75 Å². The number of methoxy groups -OCH3 is 1. The minimum absolute atomic E-state index is 0.346. The van der Waals surface area contributed by atoms with E-state index in [2.05, 4.69) is 15.9 Å². The van der Waals surface area contributed by atoms with E-state index in [0.717, 1.165) is 15.6 Å². The van der Waals surface area contributed by atoms with Crippen LogP contribution in [0.5, 0.6) is 5.75 Å². The summed E-state index contributed by atoms with van der Waals surface area (Å²) in [6, 6.07) is 1.93. The van der Waals surface area contributed by atoms with Crippen molar-refractivity contribution in [3.63, 3.8) is 0 Å². The normalized spacial score (nSPS) is 10.1. The molecule has 0 amide bonds. The highest BCUT2D eigenvalue weighted by molar-refractivity contribution is 9.10. The van der Waals surface area contributed by atoms with E-state index in [1.807, 2.05) is 19.9 Å². The third kappa shape index (κ3) is 2.38. The molecular weight excluding hydrogens is 272 g/mol. The molecule has 0 spiro atoms. The van der Waals surface area contributed by atoms with Crippen molar-refractivity contribution in [1.82, 2.24) is 0 Å². The first-order chi connectivity index (χ1) is 7.52. The van der Waals surface area contributed by atoms with Gasteiger partial charge in [-0.1, -0.05) is 15.9 Å². The molecule has 3 nitrogen and oxygen atoms in total. The Morgan fingerprint density at radius 3 is 2.56 bits per heavy atom. The van der Waals surface area contributed by atoms with Crippen LogP contribution in [0.1, 0.15) is 28.4 Å². The average Bonchev–Trinajstić information content (AvgIpc) is 2.23. The maximum atomic E-state index is 11.8. The number of aryl methyl sites for hydroxylation is 1. The van der Waals surface area contributed by atoms with Gasteiger partial charge >= 0.3 is 5.97 Å². The van der Waals surface area contributed by atoms with E-state index in [1.54, 1.807) is 14.0 Å². The number of benzene rings is 1. The largest absolute Gasteiger partial charge is 0.496 e. The summed E-state index contributed by atoms with van der Waals surface area (Å²) in [5.74, 6) is 0.236. The zero-order valence-corrected chi connectivity index (χ0v) is 11.5. The molecule has 0 saturated heterocycles. The fraction of sp³-hybridized carbons (Fsp3) is 0.417. The molecule has 88 valence electrons. The molecule has 0 aromatic heterocycles. The first kappa shape index (κ1) is 13.0. The quantitative estimate of drug-likeness (QED) is 0.800. The van der Waals surface area contributed by atoms with Crippen LogP contribution in [0.15, 0.2) is 10.5 Å². The second-order valence-electron chi connectivity index (χ2n) is 3.43. The number of hydrogen-bond acceptors (Lipinski definition) is 3. The van der Waals surface area contributed by atoms with Gasteiger partial charge < -0.3 is 9.47 Å². The molecule has 0 saturated carbocycles. The van der Waals surface area contributed by atoms with Crippen LogP contribution in [0.2, 0.25) is 0 Å². The fourth-order valence-electron chi connectivity index (χ4n) is 1.56. The van der Waals surface area contributed by atoms with E-state index in [9.17, 15) is 4.79 Å². The molecule has 0 atom stereocenters. The molecule has 1 rings (SSSR count). The predicted molar refractivity (Wildman–Crippen MR) is 66.1 cm³/mol. The van der Waals surface area contributed by atoms with Gasteiger partial charge in [0.15, 0.2) is 0 Å². The van der Waals surface area contributed by atoms with Crippen LogP contribution < -0.4 is 4.74 Å². The van der Waals surface area contributed by atoms with Gasteiger partial charge in [0, 0.05) is 4.47 Å². The Bertz CT molecular complexity index is 413. The van der Waals surface area contributed by atoms with Crippen LogP contribution in [0.25, 0.3) is 0 Å². The Hall–Kier alpha value is -1.03. The zero-order chi connectivity index (χ0) is 12.3. The summed E-state index contributed by atoms with van der Waals surface area (Å²) in [7, 11) is 1.55. The lowest BCUT2D eigenvalue weighted by Gasteiger charge is -2.14. The van der Waals surface area contributed by atoms with Crippen molar-refractivity contribution in [3.05, 3.63) is 27.2 Å². The van der Waals surface area contributed by atoms with Crippen molar-refractivity contribution in [2.24, 2.45) is 0 Å². The Balaban J connectivity index is 3.38. The van der Waals surface area contributed by atoms with Gasteiger partial charge in [-0.2, -0.15) is 0 Å². The molecule has 0 aliphatic carbocycles. The summed E-state index contributed by atoms with van der Waals surface area (Å²) >= 11 is 3.42. The topological polar surface area (TPSA) is 35.5 Å². The number of carbonyl (C=O) groups excluding carboxylic acids is 1. The predicted octanol–water partition coefficient (Wildman–Crippen LogP) is 3.25. The number of esters is 1. The third-order valence-electron chi connectivity index (χ3n) is 2.35. The van der Waals surface area contributed by atoms with Crippen LogP contribution >= 0.6 is 15.9 Å². The van der Waals surface area contributed by atoms with Crippen molar-refractivity contribution in [2.75, 3.05) is 13.7 Å². The van der Waals surface area contributed by atoms with Gasteiger partial charge in [0.25, 0.3) is 0 Å². The Morgan fingerprint density at radius 1 is 1.44 bits per heavy atom. The van der Waals surface area contributed by atoms with E-state index in [0.29, 0.717) is 17.9 Å². The van der Waals surface area contributed by atoms with Crippen LogP contribution in [-0.4, -0.2) is 19.7 Å². The van der Waals surface area contributed by atoms with Crippen LogP contribution in [0.4, 0.5) is 0 Å². The Kier molecular flexibility index (Phi) is 4.35. The molecule has 0 aliphatic rings. The molecule has 0 radical (unpaired) electrons. The first-order valence-corrected chi connectivity index (χ1v) is 5.83. The SMILES string of the molecule is CCOC(=O)c1c(C)c(Br)cc(C)c1OC. The lowest BCUT2D eigenvalue weighted by molar-refractivity contribution is 0.0521. The molecule has 0 bridgehead atoms. The van der Waals surface area contributed by atoms with Crippen molar-refractivity contribution >= 4 is 21.9 Å². The standard InChI is InChI=1S/C12H15BrO3/c1-5-16-12(14)10-8(3)9(13)6-7(2)11(10)15-4/h6H,5H2,1-4H3. The maximum absolute atomic E-state index is 11.8. The number of halogens is 1. The molecule has 0 heterocycles. The smallest absolute Gasteiger partial charge is 0.342 e. The van der Waals surface area contributed by atoms with Crippen LogP contribution in [0, 0.1) is 13.8 Å². The van der Waals surface area contributed by atoms with Crippen molar-refractivity contribution < 1.29 is 14.3 Å². The second kappa shape index (κ2) is 5.34. The maximum Gasteiger partial charge on any atom is 0.342 e. The number of carbonyl (C=O) groups is 1. The monoisotopic (exact) mass is 286 g/mol. The second-order valence-corrected chi connectivity index (χ2v) is 4.28. The Labute approximate surface area is 104 Å². The summed E-state index contributed by atoms with van der Waals surface area (Å²) < 4.78 is 11.2. The van der Waals surface area contributed by atoms with Gasteiger partial charge in [0.05, 0.1) is 13.7 Å². The molecule has 0 aliphatic heterocycles. The Morgan fingerprint density at radius 2 is 2.06 bits per heavy atom. The summed E-state index contributed by atoms with van der Waals surface area (Å²) in [6.45, 7) is 5.89. The molecular formula is C12H15BrO3. The molecule has 0 unspecified atom stereocenters. The first-order valence-electron chi connectivity index (χ1n) is 5.03. The van der Waals surface area contributed by atoms with Gasteiger partial charge in [-0.05, 0) is 38.0 Å². The minimum atomic E-state index is -0.346. The van der Waals surface area contributed by atoms with Crippen LogP contribution in [-0.2, 0) is 4.74 Å². The number of ether oxygens (including phenoxy) is 2. The molecule has 1 aromatic carbocycles. The number of rotatable bonds is 3. The van der Waals surface area contributed by atoms with E-state index >= 15 is 0 Å². The van der Waals surface area contributed by atoms with Crippen LogP contribution in [0.3, 0.4) is 0 Å². The van der Waals surface area contributed by atoms with Gasteiger partial charge in [-0.15, -0.1) is 0 Å². The molecule has 16 heavy (non-hydrogen) atoms. The van der Waals surface area contributed by atoms with E-state index in [-0.39, 0.29) is 5.97 Å². The highest BCUT2D eigenvalue weighted by Crippen LogP contribution is 2.32. The highest BCUT2D eigenvalue weighted by Gasteiger charge is 2.20. The van der Waals surface area contributed by atoms with Gasteiger partial charge in [-0.25, -0.2) is 4.79 Å². The summed E-state index contributed by atoms with van der Waals surface area (Å²) in [5, 5.41) is 0. The fourth-order valence-corrected chi connectivity index (χ4v) is 2.10. The lowest BCUT2D eigenvalue weighted by Crippen LogP contribution is -2.10. The van der Waals surface area contributed by atoms with E-state index in [4.69, 9.17) is 9.47 Å². The third-order valence-corrected chi connectivity index (χ3v) is 3.17. The minimum Gasteiger partial charge on any atom is -0.496 e. The lowest BCUT2D eigenvalue weighted by atomic mass is 10.0. The average molecular weight is 287 g/mol. The van der Waals surface area contributed by atoms with Gasteiger partial charge in [0.2, 0.25) is 0 Å². The summed E-state index contributed by atoms with van der Waals surface area (Å²) in [6.07, 6.45) is 0. The van der Waals surface area contributed by atoms with E-state index in [1.165, 1.54) is 0 Å². The molecule has 4 heteroatoms. The summed E-state index contributed by atoms with van der Waals surface area (Å²) in [5.41, 5.74) is 2.24. The summed E-state index contributed by atoms with van der Waals surface area (Å²) in [4.78, 5) is 11.8. The van der Waals surface area contributed by atoms with E-state index < -0.39 is 0 Å². The van der Waals surface area contributed by atoms with Crippen molar-refractivity contribution in [1.29, 1.82) is 0 Å². The molecule has 0 N–H and O–H groups in total. The molecule has 1 aromatic rings. The van der Waals surface area contributed by atoms with Gasteiger partial charge in [-0.3, -0.25) is 0 Å². The zero-order valence-electron chi connectivity index (χ0n) is 9.89. The highest BCUT2D eigenvalue weighted by atomic mass is 79.9. The van der Waals surface area contributed by atoms with Crippen molar-refractivity contribution in [2.45, 2.75) is 20.8 Å². The molecule has 0 fully saturated rings. The van der Waals surface area contributed by atoms with Gasteiger partial charge in [0.1, 0.15) is 11.3 Å².